The highest BCUT2D eigenvalue weighted by atomic mass is 32.2. The van der Waals surface area contributed by atoms with E-state index in [4.69, 9.17) is 10.5 Å². The number of carbonyl (C=O) groups excluding carboxylic acids is 1. The van der Waals surface area contributed by atoms with Crippen LogP contribution in [-0.2, 0) is 10.0 Å². The maximum absolute atomic E-state index is 12.6. The van der Waals surface area contributed by atoms with Gasteiger partial charge in [-0.3, -0.25) is 4.79 Å². The van der Waals surface area contributed by atoms with E-state index < -0.39 is 15.9 Å². The number of ether oxygens (including phenoxy) is 1. The van der Waals surface area contributed by atoms with Crippen LogP contribution in [0.2, 0.25) is 0 Å². The van der Waals surface area contributed by atoms with E-state index in [1.165, 1.54) is 36.7 Å². The zero-order valence-corrected chi connectivity index (χ0v) is 13.6. The standard InChI is InChI=1S/C14H22N2O4S/c1-5-6-10(2)16(3)21(18,19)11-7-8-13(20-4)12(9-11)14(15)17/h7-10H,5-6H2,1-4H3,(H2,15,17)/t10-/m1/s1. The number of amides is 1. The number of hydrogen-bond donors (Lipinski definition) is 1. The van der Waals surface area contributed by atoms with Crippen molar-refractivity contribution in [1.82, 2.24) is 4.31 Å². The lowest BCUT2D eigenvalue weighted by Gasteiger charge is -2.24. The molecule has 0 heterocycles. The number of sulfonamides is 1. The van der Waals surface area contributed by atoms with Crippen molar-refractivity contribution >= 4 is 15.9 Å². The molecule has 1 amide bonds. The first-order chi connectivity index (χ1) is 9.75. The second-order valence-electron chi connectivity index (χ2n) is 4.89. The molecule has 6 nitrogen and oxygen atoms in total. The van der Waals surface area contributed by atoms with Crippen molar-refractivity contribution in [2.24, 2.45) is 5.73 Å². The highest BCUT2D eigenvalue weighted by molar-refractivity contribution is 7.89. The maximum Gasteiger partial charge on any atom is 0.252 e. The first-order valence-electron chi connectivity index (χ1n) is 6.71. The zero-order chi connectivity index (χ0) is 16.2. The zero-order valence-electron chi connectivity index (χ0n) is 12.8. The molecule has 0 fully saturated rings. The van der Waals surface area contributed by atoms with Gasteiger partial charge in [0.15, 0.2) is 0 Å². The van der Waals surface area contributed by atoms with Crippen LogP contribution < -0.4 is 10.5 Å². The largest absolute Gasteiger partial charge is 0.496 e. The monoisotopic (exact) mass is 314 g/mol. The van der Waals surface area contributed by atoms with E-state index in [1.54, 1.807) is 0 Å². The van der Waals surface area contributed by atoms with Gasteiger partial charge in [-0.05, 0) is 31.5 Å². The van der Waals surface area contributed by atoms with Crippen LogP contribution in [-0.4, -0.2) is 38.8 Å². The molecule has 1 aromatic rings. The van der Waals surface area contributed by atoms with E-state index >= 15 is 0 Å². The Bertz CT molecular complexity index is 613. The van der Waals surface area contributed by atoms with E-state index in [1.807, 2.05) is 13.8 Å². The predicted molar refractivity (Wildman–Crippen MR) is 80.8 cm³/mol. The predicted octanol–water partition coefficient (Wildman–Crippen LogP) is 1.60. The summed E-state index contributed by atoms with van der Waals surface area (Å²) in [5.74, 6) is -0.473. The second kappa shape index (κ2) is 6.91. The second-order valence-corrected chi connectivity index (χ2v) is 6.88. The summed E-state index contributed by atoms with van der Waals surface area (Å²) in [6.07, 6.45) is 1.64. The molecule has 0 saturated heterocycles. The van der Waals surface area contributed by atoms with Crippen molar-refractivity contribution in [3.05, 3.63) is 23.8 Å². The van der Waals surface area contributed by atoms with E-state index in [2.05, 4.69) is 0 Å². The number of benzene rings is 1. The molecule has 1 rings (SSSR count). The van der Waals surface area contributed by atoms with Crippen molar-refractivity contribution in [2.45, 2.75) is 37.6 Å². The number of carbonyl (C=O) groups is 1. The Morgan fingerprint density at radius 1 is 1.43 bits per heavy atom. The minimum atomic E-state index is -3.67. The Morgan fingerprint density at radius 2 is 2.05 bits per heavy atom. The Hall–Kier alpha value is -1.60. The summed E-state index contributed by atoms with van der Waals surface area (Å²) in [5, 5.41) is 0. The molecule has 0 saturated carbocycles. The highest BCUT2D eigenvalue weighted by Gasteiger charge is 2.26. The van der Waals surface area contributed by atoms with Crippen molar-refractivity contribution in [1.29, 1.82) is 0 Å². The molecule has 1 aromatic carbocycles. The number of nitrogens with zero attached hydrogens (tertiary/aromatic N) is 1. The fraction of sp³-hybridized carbons (Fsp3) is 0.500. The molecule has 7 heteroatoms. The van der Waals surface area contributed by atoms with Crippen molar-refractivity contribution < 1.29 is 17.9 Å². The van der Waals surface area contributed by atoms with Gasteiger partial charge in [-0.1, -0.05) is 13.3 Å². The summed E-state index contributed by atoms with van der Waals surface area (Å²) < 4.78 is 31.4. The molecular formula is C14H22N2O4S. The first kappa shape index (κ1) is 17.5. The smallest absolute Gasteiger partial charge is 0.252 e. The summed E-state index contributed by atoms with van der Waals surface area (Å²) in [7, 11) is -0.746. The SMILES string of the molecule is CCC[C@@H](C)N(C)S(=O)(=O)c1ccc(OC)c(C(N)=O)c1. The van der Waals surface area contributed by atoms with Gasteiger partial charge < -0.3 is 10.5 Å². The molecule has 0 aromatic heterocycles. The van der Waals surface area contributed by atoms with Crippen molar-refractivity contribution in [2.75, 3.05) is 14.2 Å². The molecule has 0 aliphatic heterocycles. The number of nitrogens with two attached hydrogens (primary N) is 1. The van der Waals surface area contributed by atoms with E-state index in [0.29, 0.717) is 0 Å². The Balaban J connectivity index is 3.26. The van der Waals surface area contributed by atoms with Crippen molar-refractivity contribution in [3.63, 3.8) is 0 Å². The minimum Gasteiger partial charge on any atom is -0.496 e. The molecule has 0 bridgehead atoms. The third kappa shape index (κ3) is 3.74. The van der Waals surface area contributed by atoms with Gasteiger partial charge in [0.2, 0.25) is 10.0 Å². The van der Waals surface area contributed by atoms with Gasteiger partial charge in [0.1, 0.15) is 5.75 Å². The fourth-order valence-corrected chi connectivity index (χ4v) is 3.46. The maximum atomic E-state index is 12.6. The average Bonchev–Trinajstić information content (AvgIpc) is 2.45. The van der Waals surface area contributed by atoms with Crippen LogP contribution in [0.1, 0.15) is 37.0 Å². The van der Waals surface area contributed by atoms with Crippen LogP contribution in [0, 0.1) is 0 Å². The minimum absolute atomic E-state index is 0.0301. The molecule has 0 aliphatic rings. The summed E-state index contributed by atoms with van der Waals surface area (Å²) in [5.41, 5.74) is 5.31. The summed E-state index contributed by atoms with van der Waals surface area (Å²) >= 11 is 0. The summed E-state index contributed by atoms with van der Waals surface area (Å²) in [6.45, 7) is 3.84. The van der Waals surface area contributed by atoms with Crippen LogP contribution in [0.5, 0.6) is 5.75 Å². The number of rotatable bonds is 7. The summed E-state index contributed by atoms with van der Waals surface area (Å²) in [4.78, 5) is 11.4. The lowest BCUT2D eigenvalue weighted by atomic mass is 10.2. The molecule has 1 atom stereocenters. The highest BCUT2D eigenvalue weighted by Crippen LogP contribution is 2.25. The first-order valence-corrected chi connectivity index (χ1v) is 8.15. The molecule has 0 spiro atoms. The Labute approximate surface area is 125 Å². The molecular weight excluding hydrogens is 292 g/mol. The fourth-order valence-electron chi connectivity index (χ4n) is 2.04. The molecule has 2 N–H and O–H groups in total. The third-order valence-corrected chi connectivity index (χ3v) is 5.41. The lowest BCUT2D eigenvalue weighted by Crippen LogP contribution is -2.35. The molecule has 0 aliphatic carbocycles. The van der Waals surface area contributed by atoms with E-state index in [0.717, 1.165) is 12.8 Å². The van der Waals surface area contributed by atoms with Crippen LogP contribution >= 0.6 is 0 Å². The molecule has 0 unspecified atom stereocenters. The third-order valence-electron chi connectivity index (χ3n) is 3.44. The lowest BCUT2D eigenvalue weighted by molar-refractivity contribution is 0.0997. The average molecular weight is 314 g/mol. The van der Waals surface area contributed by atoms with Crippen LogP contribution in [0.15, 0.2) is 23.1 Å². The van der Waals surface area contributed by atoms with Crippen LogP contribution in [0.4, 0.5) is 0 Å². The molecule has 21 heavy (non-hydrogen) atoms. The van der Waals surface area contributed by atoms with Gasteiger partial charge in [-0.2, -0.15) is 4.31 Å². The van der Waals surface area contributed by atoms with Crippen molar-refractivity contribution in [3.8, 4) is 5.75 Å². The number of methoxy groups -OCH3 is 1. The normalized spacial score (nSPS) is 13.2. The van der Waals surface area contributed by atoms with Gasteiger partial charge in [-0.25, -0.2) is 8.42 Å². The Kier molecular flexibility index (Phi) is 5.74. The Morgan fingerprint density at radius 3 is 2.52 bits per heavy atom. The molecule has 0 radical (unpaired) electrons. The van der Waals surface area contributed by atoms with Crippen LogP contribution in [0.25, 0.3) is 0 Å². The molecule has 118 valence electrons. The number of primary amides is 1. The van der Waals surface area contributed by atoms with Gasteiger partial charge >= 0.3 is 0 Å². The summed E-state index contributed by atoms with van der Waals surface area (Å²) in [6, 6.07) is 3.98. The van der Waals surface area contributed by atoms with Gasteiger partial charge in [0.05, 0.1) is 17.6 Å². The van der Waals surface area contributed by atoms with Crippen LogP contribution in [0.3, 0.4) is 0 Å². The van der Waals surface area contributed by atoms with E-state index in [-0.39, 0.29) is 22.3 Å². The van der Waals surface area contributed by atoms with Gasteiger partial charge in [-0.15, -0.1) is 0 Å². The van der Waals surface area contributed by atoms with E-state index in [9.17, 15) is 13.2 Å². The van der Waals surface area contributed by atoms with Gasteiger partial charge in [0.25, 0.3) is 5.91 Å². The topological polar surface area (TPSA) is 89.7 Å². The number of hydrogen-bond acceptors (Lipinski definition) is 4. The van der Waals surface area contributed by atoms with Gasteiger partial charge in [0, 0.05) is 13.1 Å². The quantitative estimate of drug-likeness (QED) is 0.828.